The van der Waals surface area contributed by atoms with E-state index < -0.39 is 23.8 Å². The highest BCUT2D eigenvalue weighted by Gasteiger charge is 2.47. The van der Waals surface area contributed by atoms with Crippen LogP contribution in [0.4, 0.5) is 5.69 Å². The summed E-state index contributed by atoms with van der Waals surface area (Å²) in [5.41, 5.74) is 4.16. The van der Waals surface area contributed by atoms with Crippen molar-refractivity contribution in [1.29, 1.82) is 0 Å². The SMILES string of the molecule is CCOC(=O)C1=C(C)NC2=C(C(=O)[C@H](C(=O)OC)[C@H](C)C2)[C@@H]1c1ccc(N(CC)CC)cc1. The Kier molecular flexibility index (Phi) is 7.61. The van der Waals surface area contributed by atoms with Gasteiger partial charge in [0.2, 0.25) is 0 Å². The molecule has 1 N–H and O–H groups in total. The number of allylic oxidation sites excluding steroid dienone is 3. The van der Waals surface area contributed by atoms with E-state index in [-0.39, 0.29) is 18.3 Å². The van der Waals surface area contributed by atoms with Gasteiger partial charge in [0.15, 0.2) is 5.78 Å². The predicted octanol–water partition coefficient (Wildman–Crippen LogP) is 3.71. The van der Waals surface area contributed by atoms with Crippen LogP contribution in [0.1, 0.15) is 52.5 Å². The van der Waals surface area contributed by atoms with Gasteiger partial charge in [0.05, 0.1) is 19.3 Å². The summed E-state index contributed by atoms with van der Waals surface area (Å²) in [5.74, 6) is -3.02. The lowest BCUT2D eigenvalue weighted by Gasteiger charge is -2.38. The minimum Gasteiger partial charge on any atom is -0.468 e. The molecule has 3 atom stereocenters. The van der Waals surface area contributed by atoms with Gasteiger partial charge in [-0.2, -0.15) is 0 Å². The summed E-state index contributed by atoms with van der Waals surface area (Å²) in [6, 6.07) is 7.94. The molecule has 0 saturated carbocycles. The van der Waals surface area contributed by atoms with Crippen LogP contribution in [0.15, 0.2) is 46.8 Å². The number of hydrogen-bond donors (Lipinski definition) is 1. The highest BCUT2D eigenvalue weighted by molar-refractivity contribution is 6.12. The zero-order valence-electron chi connectivity index (χ0n) is 20.4. The maximum Gasteiger partial charge on any atom is 0.336 e. The van der Waals surface area contributed by atoms with Crippen LogP contribution >= 0.6 is 0 Å². The van der Waals surface area contributed by atoms with Gasteiger partial charge in [0.1, 0.15) is 5.92 Å². The zero-order chi connectivity index (χ0) is 24.3. The number of ether oxygens (including phenoxy) is 2. The molecule has 0 radical (unpaired) electrons. The van der Waals surface area contributed by atoms with Crippen LogP contribution in [-0.2, 0) is 23.9 Å². The summed E-state index contributed by atoms with van der Waals surface area (Å²) in [6.45, 7) is 11.6. The summed E-state index contributed by atoms with van der Waals surface area (Å²) in [4.78, 5) is 41.4. The lowest BCUT2D eigenvalue weighted by molar-refractivity contribution is -0.151. The fourth-order valence-electron chi connectivity index (χ4n) is 4.96. The van der Waals surface area contributed by atoms with Gasteiger partial charge in [-0.25, -0.2) is 4.79 Å². The van der Waals surface area contributed by atoms with Crippen LogP contribution in [-0.4, -0.2) is 44.5 Å². The molecule has 178 valence electrons. The largest absolute Gasteiger partial charge is 0.468 e. The topological polar surface area (TPSA) is 84.9 Å². The summed E-state index contributed by atoms with van der Waals surface area (Å²) in [7, 11) is 1.29. The summed E-state index contributed by atoms with van der Waals surface area (Å²) < 4.78 is 10.3. The van der Waals surface area contributed by atoms with E-state index in [1.165, 1.54) is 7.11 Å². The van der Waals surface area contributed by atoms with Crippen LogP contribution in [0, 0.1) is 11.8 Å². The van der Waals surface area contributed by atoms with Gasteiger partial charge < -0.3 is 19.7 Å². The van der Waals surface area contributed by atoms with Gasteiger partial charge in [0.25, 0.3) is 0 Å². The number of carbonyl (C=O) groups excluding carboxylic acids is 3. The smallest absolute Gasteiger partial charge is 0.336 e. The van der Waals surface area contributed by atoms with E-state index in [0.29, 0.717) is 23.3 Å². The molecule has 7 heteroatoms. The Hall–Kier alpha value is -3.09. The molecule has 1 aromatic carbocycles. The third-order valence-electron chi connectivity index (χ3n) is 6.59. The number of carbonyl (C=O) groups is 3. The number of ketones is 1. The second kappa shape index (κ2) is 10.2. The summed E-state index contributed by atoms with van der Waals surface area (Å²) in [6.07, 6.45) is 0.516. The molecule has 1 aromatic rings. The average molecular weight is 455 g/mol. The highest BCUT2D eigenvalue weighted by Crippen LogP contribution is 2.45. The highest BCUT2D eigenvalue weighted by atomic mass is 16.5. The average Bonchev–Trinajstić information content (AvgIpc) is 2.79. The molecular weight excluding hydrogens is 420 g/mol. The van der Waals surface area contributed by atoms with Crippen molar-refractivity contribution in [2.24, 2.45) is 11.8 Å². The van der Waals surface area contributed by atoms with Crippen LogP contribution in [0.25, 0.3) is 0 Å². The molecule has 0 spiro atoms. The van der Waals surface area contributed by atoms with Crippen molar-refractivity contribution in [3.8, 4) is 0 Å². The Morgan fingerprint density at radius 2 is 1.76 bits per heavy atom. The van der Waals surface area contributed by atoms with Crippen molar-refractivity contribution in [2.75, 3.05) is 31.7 Å². The van der Waals surface area contributed by atoms with E-state index in [0.717, 1.165) is 30.0 Å². The van der Waals surface area contributed by atoms with Crippen LogP contribution in [0.5, 0.6) is 0 Å². The predicted molar refractivity (Wildman–Crippen MR) is 127 cm³/mol. The minimum atomic E-state index is -0.894. The van der Waals surface area contributed by atoms with Gasteiger partial charge in [-0.15, -0.1) is 0 Å². The number of hydrogen-bond acceptors (Lipinski definition) is 7. The van der Waals surface area contributed by atoms with E-state index in [1.807, 2.05) is 38.1 Å². The van der Waals surface area contributed by atoms with Gasteiger partial charge in [-0.3, -0.25) is 9.59 Å². The van der Waals surface area contributed by atoms with Crippen molar-refractivity contribution >= 4 is 23.4 Å². The number of rotatable bonds is 7. The molecule has 0 unspecified atom stereocenters. The van der Waals surface area contributed by atoms with Gasteiger partial charge in [-0.1, -0.05) is 19.1 Å². The molecule has 1 aliphatic carbocycles. The number of nitrogens with one attached hydrogen (secondary N) is 1. The number of esters is 2. The Morgan fingerprint density at radius 1 is 1.12 bits per heavy atom. The fourth-order valence-corrected chi connectivity index (χ4v) is 4.96. The number of nitrogens with zero attached hydrogens (tertiary/aromatic N) is 1. The Bertz CT molecular complexity index is 988. The van der Waals surface area contributed by atoms with Crippen LogP contribution < -0.4 is 10.2 Å². The number of benzene rings is 1. The van der Waals surface area contributed by atoms with E-state index in [1.54, 1.807) is 6.92 Å². The molecule has 1 heterocycles. The van der Waals surface area contributed by atoms with Crippen molar-refractivity contribution in [3.63, 3.8) is 0 Å². The molecule has 0 bridgehead atoms. The van der Waals surface area contributed by atoms with E-state index in [2.05, 4.69) is 24.1 Å². The van der Waals surface area contributed by atoms with Crippen molar-refractivity contribution < 1.29 is 23.9 Å². The van der Waals surface area contributed by atoms with Crippen molar-refractivity contribution in [1.82, 2.24) is 5.32 Å². The second-order valence-corrected chi connectivity index (χ2v) is 8.52. The van der Waals surface area contributed by atoms with Crippen LogP contribution in [0.2, 0.25) is 0 Å². The van der Waals surface area contributed by atoms with Gasteiger partial charge in [-0.05, 0) is 57.7 Å². The monoisotopic (exact) mass is 454 g/mol. The van der Waals surface area contributed by atoms with Gasteiger partial charge >= 0.3 is 11.9 Å². The molecule has 3 rings (SSSR count). The molecular formula is C26H34N2O5. The minimum absolute atomic E-state index is 0.209. The Labute approximate surface area is 195 Å². The van der Waals surface area contributed by atoms with E-state index in [9.17, 15) is 14.4 Å². The quantitative estimate of drug-likeness (QED) is 0.497. The molecule has 7 nitrogen and oxygen atoms in total. The first kappa shape index (κ1) is 24.6. The van der Waals surface area contributed by atoms with E-state index in [4.69, 9.17) is 9.47 Å². The molecule has 0 aromatic heterocycles. The molecule has 0 amide bonds. The van der Waals surface area contributed by atoms with Gasteiger partial charge in [0, 0.05) is 41.7 Å². The fraction of sp³-hybridized carbons (Fsp3) is 0.500. The summed E-state index contributed by atoms with van der Waals surface area (Å²) in [5, 5.41) is 3.27. The molecule has 0 fully saturated rings. The molecule has 33 heavy (non-hydrogen) atoms. The lowest BCUT2D eigenvalue weighted by atomic mass is 9.69. The summed E-state index contributed by atoms with van der Waals surface area (Å²) >= 11 is 0. The standard InChI is InChI=1S/C26H34N2O5/c1-7-28(8-2)18-12-10-17(11-13-18)22-21(26(31)33-9-3)16(5)27-19-14-15(4)20(25(30)32-6)24(29)23(19)22/h10-13,15,20,22,27H,7-9,14H2,1-6H3/t15-,20-,22-/m1/s1. The first-order chi connectivity index (χ1) is 15.8. The zero-order valence-corrected chi connectivity index (χ0v) is 20.4. The maximum absolute atomic E-state index is 13.7. The maximum atomic E-state index is 13.7. The Balaban J connectivity index is 2.15. The molecule has 1 aliphatic heterocycles. The third kappa shape index (κ3) is 4.54. The van der Waals surface area contributed by atoms with Crippen molar-refractivity contribution in [2.45, 2.75) is 47.0 Å². The lowest BCUT2D eigenvalue weighted by Crippen LogP contribution is -2.43. The molecule has 2 aliphatic rings. The van der Waals surface area contributed by atoms with Crippen molar-refractivity contribution in [3.05, 3.63) is 52.4 Å². The first-order valence-corrected chi connectivity index (χ1v) is 11.6. The number of dihydropyridines is 1. The Morgan fingerprint density at radius 3 is 2.30 bits per heavy atom. The normalized spacial score (nSPS) is 22.5. The number of anilines is 1. The first-order valence-electron chi connectivity index (χ1n) is 11.6. The number of Topliss-reactive ketones (excluding diaryl/α,β-unsaturated/α-hetero) is 1. The van der Waals surface area contributed by atoms with E-state index >= 15 is 0 Å². The second-order valence-electron chi connectivity index (χ2n) is 8.52. The third-order valence-corrected chi connectivity index (χ3v) is 6.59. The molecule has 0 saturated heterocycles. The number of methoxy groups -OCH3 is 1. The van der Waals surface area contributed by atoms with Crippen LogP contribution in [0.3, 0.4) is 0 Å².